The molecule has 0 amide bonds. The zero-order valence-corrected chi connectivity index (χ0v) is 14.4. The van der Waals surface area contributed by atoms with E-state index in [0.717, 1.165) is 36.9 Å². The third-order valence-corrected chi connectivity index (χ3v) is 4.95. The molecule has 8 heteroatoms. The number of ketones is 1. The first-order valence-electron chi connectivity index (χ1n) is 8.73. The number of nitriles is 1. The van der Waals surface area contributed by atoms with Crippen LogP contribution in [-0.2, 0) is 4.79 Å². The molecule has 0 unspecified atom stereocenters. The van der Waals surface area contributed by atoms with Gasteiger partial charge in [0.25, 0.3) is 0 Å². The monoisotopic (exact) mass is 354 g/mol. The predicted octanol–water partition coefficient (Wildman–Crippen LogP) is 2.27. The van der Waals surface area contributed by atoms with Crippen molar-refractivity contribution in [2.24, 2.45) is 16.8 Å². The Balaban J connectivity index is 1.91. The van der Waals surface area contributed by atoms with E-state index in [0.29, 0.717) is 12.0 Å². The van der Waals surface area contributed by atoms with E-state index in [2.05, 4.69) is 15.6 Å². The highest BCUT2D eigenvalue weighted by Crippen LogP contribution is 2.32. The van der Waals surface area contributed by atoms with E-state index in [1.807, 2.05) is 24.4 Å². The molecular formula is C18H22N6O2. The Hall–Kier alpha value is -3.08. The van der Waals surface area contributed by atoms with Crippen LogP contribution in [0.25, 0.3) is 5.52 Å². The molecule has 4 N–H and O–H groups in total. The van der Waals surface area contributed by atoms with Crippen LogP contribution in [0.4, 0.5) is 5.69 Å². The fourth-order valence-corrected chi connectivity index (χ4v) is 3.67. The maximum Gasteiger partial charge on any atom is 0.173 e. The molecule has 26 heavy (non-hydrogen) atoms. The van der Waals surface area contributed by atoms with Crippen molar-refractivity contribution in [1.82, 2.24) is 9.61 Å². The van der Waals surface area contributed by atoms with Crippen LogP contribution in [0.2, 0.25) is 0 Å². The summed E-state index contributed by atoms with van der Waals surface area (Å²) in [6, 6.07) is 5.79. The lowest BCUT2D eigenvalue weighted by Crippen LogP contribution is -2.34. The van der Waals surface area contributed by atoms with Crippen molar-refractivity contribution in [2.75, 3.05) is 5.32 Å². The summed E-state index contributed by atoms with van der Waals surface area (Å²) in [6.07, 6.45) is 7.75. The first-order valence-corrected chi connectivity index (χ1v) is 8.73. The fourth-order valence-electron chi connectivity index (χ4n) is 3.67. The van der Waals surface area contributed by atoms with E-state index >= 15 is 0 Å². The highest BCUT2D eigenvalue weighted by atomic mass is 16.4. The van der Waals surface area contributed by atoms with Gasteiger partial charge in [-0.15, -0.1) is 0 Å². The lowest BCUT2D eigenvalue weighted by Gasteiger charge is -2.33. The van der Waals surface area contributed by atoms with Gasteiger partial charge in [0.1, 0.15) is 5.78 Å². The van der Waals surface area contributed by atoms with Gasteiger partial charge >= 0.3 is 0 Å². The normalized spacial score (nSPS) is 20.7. The number of anilines is 1. The number of hydrogen-bond donors (Lipinski definition) is 3. The Bertz CT molecular complexity index is 866. The SMILES string of the molecule is N#CCC(=O)C[C@H]1CCCC[C@@H]1Nc1c(C(N)=NO)cnn2cccc12. The van der Waals surface area contributed by atoms with Crippen molar-refractivity contribution in [2.45, 2.75) is 44.6 Å². The molecule has 0 saturated heterocycles. The molecule has 136 valence electrons. The molecule has 2 aromatic heterocycles. The molecule has 0 radical (unpaired) electrons. The number of nitrogens with zero attached hydrogens (tertiary/aromatic N) is 4. The van der Waals surface area contributed by atoms with Gasteiger partial charge in [0.05, 0.1) is 35.5 Å². The fraction of sp³-hybridized carbons (Fsp3) is 0.444. The minimum atomic E-state index is -0.0448. The highest BCUT2D eigenvalue weighted by molar-refractivity contribution is 6.04. The molecule has 0 aliphatic heterocycles. The topological polar surface area (TPSA) is 129 Å². The summed E-state index contributed by atoms with van der Waals surface area (Å²) in [7, 11) is 0. The van der Waals surface area contributed by atoms with Gasteiger partial charge in [-0.2, -0.15) is 10.4 Å². The third kappa shape index (κ3) is 3.61. The van der Waals surface area contributed by atoms with Crippen molar-refractivity contribution in [3.05, 3.63) is 30.1 Å². The number of aromatic nitrogens is 2. The zero-order valence-electron chi connectivity index (χ0n) is 14.4. The van der Waals surface area contributed by atoms with Crippen molar-refractivity contribution in [3.63, 3.8) is 0 Å². The largest absolute Gasteiger partial charge is 0.409 e. The third-order valence-electron chi connectivity index (χ3n) is 4.95. The molecule has 1 aliphatic rings. The zero-order chi connectivity index (χ0) is 18.5. The minimum absolute atomic E-state index is 0.0170. The number of fused-ring (bicyclic) bond motifs is 1. The van der Waals surface area contributed by atoms with E-state index in [9.17, 15) is 4.79 Å². The van der Waals surface area contributed by atoms with E-state index in [1.165, 1.54) is 0 Å². The number of rotatable bonds is 6. The highest BCUT2D eigenvalue weighted by Gasteiger charge is 2.28. The smallest absolute Gasteiger partial charge is 0.173 e. The Morgan fingerprint density at radius 3 is 3.08 bits per heavy atom. The van der Waals surface area contributed by atoms with Gasteiger partial charge < -0.3 is 16.3 Å². The van der Waals surface area contributed by atoms with Crippen molar-refractivity contribution >= 4 is 22.8 Å². The summed E-state index contributed by atoms with van der Waals surface area (Å²) in [6.45, 7) is 0. The first kappa shape index (κ1) is 17.7. The average molecular weight is 354 g/mol. The van der Waals surface area contributed by atoms with Gasteiger partial charge in [-0.3, -0.25) is 4.79 Å². The summed E-state index contributed by atoms with van der Waals surface area (Å²) in [5, 5.41) is 28.7. The number of hydrogen-bond acceptors (Lipinski definition) is 6. The molecule has 8 nitrogen and oxygen atoms in total. The lowest BCUT2D eigenvalue weighted by molar-refractivity contribution is -0.119. The van der Waals surface area contributed by atoms with E-state index in [1.54, 1.807) is 10.7 Å². The first-order chi connectivity index (χ1) is 12.6. The van der Waals surface area contributed by atoms with Crippen LogP contribution in [0.3, 0.4) is 0 Å². The van der Waals surface area contributed by atoms with E-state index < -0.39 is 0 Å². The number of oxime groups is 1. The van der Waals surface area contributed by atoms with Crippen molar-refractivity contribution in [3.8, 4) is 6.07 Å². The Kier molecular flexibility index (Phi) is 5.37. The summed E-state index contributed by atoms with van der Waals surface area (Å²) in [4.78, 5) is 12.0. The maximum absolute atomic E-state index is 12.0. The summed E-state index contributed by atoms with van der Waals surface area (Å²) < 4.78 is 1.72. The summed E-state index contributed by atoms with van der Waals surface area (Å²) in [5.74, 6) is 0.120. The molecule has 0 bridgehead atoms. The standard InChI is InChI=1S/C18H22N6O2/c19-8-7-13(25)10-12-4-1-2-5-15(12)22-17-14(18(20)23-26)11-21-24-9-3-6-16(17)24/h3,6,9,11-12,15,22,26H,1-2,4-5,7,10H2,(H2,20,23)/t12-,15+/m1/s1. The quantitative estimate of drug-likeness (QED) is 0.316. The van der Waals surface area contributed by atoms with Gasteiger partial charge in [-0.1, -0.05) is 18.0 Å². The molecule has 2 atom stereocenters. The number of amidine groups is 1. The summed E-state index contributed by atoms with van der Waals surface area (Å²) in [5.41, 5.74) is 7.92. The van der Waals surface area contributed by atoms with Gasteiger partial charge in [-0.25, -0.2) is 4.52 Å². The summed E-state index contributed by atoms with van der Waals surface area (Å²) >= 11 is 0. The number of nitrogens with one attached hydrogen (secondary N) is 1. The van der Waals surface area contributed by atoms with Gasteiger partial charge in [0, 0.05) is 18.7 Å². The maximum atomic E-state index is 12.0. The molecule has 2 aromatic rings. The Morgan fingerprint density at radius 2 is 2.31 bits per heavy atom. The molecule has 1 saturated carbocycles. The van der Waals surface area contributed by atoms with Crippen LogP contribution >= 0.6 is 0 Å². The molecular weight excluding hydrogens is 332 g/mol. The molecule has 0 aromatic carbocycles. The number of Topliss-reactive ketones (excluding diaryl/α,β-unsaturated/α-hetero) is 1. The average Bonchev–Trinajstić information content (AvgIpc) is 3.12. The second-order valence-electron chi connectivity index (χ2n) is 6.63. The van der Waals surface area contributed by atoms with E-state index in [-0.39, 0.29) is 30.0 Å². The number of carbonyl (C=O) groups is 1. The molecule has 2 heterocycles. The molecule has 1 fully saturated rings. The lowest BCUT2D eigenvalue weighted by atomic mass is 9.81. The Morgan fingerprint density at radius 1 is 1.50 bits per heavy atom. The van der Waals surface area contributed by atoms with Crippen LogP contribution < -0.4 is 11.1 Å². The van der Waals surface area contributed by atoms with Gasteiger partial charge in [0.2, 0.25) is 0 Å². The number of nitrogens with two attached hydrogens (primary N) is 1. The van der Waals surface area contributed by atoms with Crippen molar-refractivity contribution < 1.29 is 10.0 Å². The second-order valence-corrected chi connectivity index (χ2v) is 6.63. The molecule has 0 spiro atoms. The predicted molar refractivity (Wildman–Crippen MR) is 96.9 cm³/mol. The molecule has 1 aliphatic carbocycles. The van der Waals surface area contributed by atoms with Crippen LogP contribution in [0, 0.1) is 17.2 Å². The number of carbonyl (C=O) groups excluding carboxylic acids is 1. The van der Waals surface area contributed by atoms with Crippen molar-refractivity contribution in [1.29, 1.82) is 5.26 Å². The van der Waals surface area contributed by atoms with Crippen LogP contribution in [0.15, 0.2) is 29.7 Å². The van der Waals surface area contributed by atoms with Gasteiger partial charge in [-0.05, 0) is 30.9 Å². The minimum Gasteiger partial charge on any atom is -0.409 e. The van der Waals surface area contributed by atoms with Crippen LogP contribution in [-0.4, -0.2) is 32.5 Å². The van der Waals surface area contributed by atoms with Gasteiger partial charge in [0.15, 0.2) is 5.84 Å². The van der Waals surface area contributed by atoms with Crippen LogP contribution in [0.1, 0.15) is 44.1 Å². The Labute approximate surface area is 151 Å². The molecule has 3 rings (SSSR count). The second kappa shape index (κ2) is 7.87. The van der Waals surface area contributed by atoms with E-state index in [4.69, 9.17) is 16.2 Å². The van der Waals surface area contributed by atoms with Crippen LogP contribution in [0.5, 0.6) is 0 Å².